The van der Waals surface area contributed by atoms with E-state index in [1.807, 2.05) is 0 Å². The average molecular weight is 198 g/mol. The average Bonchev–Trinajstić information content (AvgIpc) is 2.43. The van der Waals surface area contributed by atoms with Gasteiger partial charge in [0.15, 0.2) is 5.75 Å². The fraction of sp³-hybridized carbons (Fsp3) is 0.111. The molecule has 2 aromatic rings. The van der Waals surface area contributed by atoms with Crippen LogP contribution in [0.2, 0.25) is 0 Å². The first-order valence-corrected chi connectivity index (χ1v) is 4.55. The second-order valence-electron chi connectivity index (χ2n) is 2.68. The molecule has 0 aliphatic carbocycles. The van der Waals surface area contributed by atoms with Crippen molar-refractivity contribution in [2.75, 3.05) is 0 Å². The molecule has 2 N–H and O–H groups in total. The van der Waals surface area contributed by atoms with E-state index in [4.69, 9.17) is 5.11 Å². The van der Waals surface area contributed by atoms with E-state index in [-0.39, 0.29) is 12.4 Å². The van der Waals surface area contributed by atoms with Gasteiger partial charge in [-0.1, -0.05) is 12.1 Å². The van der Waals surface area contributed by atoms with Crippen molar-refractivity contribution >= 4 is 21.4 Å². The lowest BCUT2D eigenvalue weighted by atomic mass is 10.2. The van der Waals surface area contributed by atoms with Crippen LogP contribution in [0.1, 0.15) is 5.56 Å². The van der Waals surface area contributed by atoms with Gasteiger partial charge in [-0.3, -0.25) is 0 Å². The first-order valence-electron chi connectivity index (χ1n) is 3.73. The quantitative estimate of drug-likeness (QED) is 0.737. The summed E-state index contributed by atoms with van der Waals surface area (Å²) in [6.45, 7) is -0.142. The first-order chi connectivity index (χ1) is 6.24. The van der Waals surface area contributed by atoms with Crippen LogP contribution in [0.25, 0.3) is 10.1 Å². The molecular weight excluding hydrogens is 191 g/mol. The predicted molar refractivity (Wildman–Crippen MR) is 49.4 cm³/mol. The minimum atomic E-state index is -0.601. The highest BCUT2D eigenvalue weighted by Crippen LogP contribution is 2.36. The monoisotopic (exact) mass is 198 g/mol. The Hall–Kier alpha value is -1.13. The van der Waals surface area contributed by atoms with Gasteiger partial charge in [0.2, 0.25) is 5.13 Å². The molecule has 0 radical (unpaired) electrons. The van der Waals surface area contributed by atoms with Crippen molar-refractivity contribution in [3.05, 3.63) is 28.9 Å². The fourth-order valence-electron chi connectivity index (χ4n) is 1.26. The number of hydrogen-bond donors (Lipinski definition) is 2. The molecule has 0 saturated heterocycles. The van der Waals surface area contributed by atoms with Crippen LogP contribution >= 0.6 is 11.3 Å². The molecule has 2 rings (SSSR count). The maximum Gasteiger partial charge on any atom is 0.219 e. The zero-order chi connectivity index (χ0) is 9.42. The number of aliphatic hydroxyl groups is 1. The van der Waals surface area contributed by atoms with Crippen molar-refractivity contribution < 1.29 is 14.6 Å². The lowest BCUT2D eigenvalue weighted by Gasteiger charge is -1.96. The van der Waals surface area contributed by atoms with Crippen LogP contribution in [0.5, 0.6) is 5.75 Å². The number of benzene rings is 1. The molecule has 2 nitrogen and oxygen atoms in total. The molecule has 1 heterocycles. The molecule has 0 amide bonds. The van der Waals surface area contributed by atoms with Crippen LogP contribution in [0.4, 0.5) is 4.39 Å². The smallest absolute Gasteiger partial charge is 0.219 e. The summed E-state index contributed by atoms with van der Waals surface area (Å²) in [6, 6.07) is 5.01. The number of halogens is 1. The summed E-state index contributed by atoms with van der Waals surface area (Å²) in [7, 11) is 0. The fourth-order valence-corrected chi connectivity index (χ4v) is 2.18. The Morgan fingerprint density at radius 1 is 1.38 bits per heavy atom. The summed E-state index contributed by atoms with van der Waals surface area (Å²) < 4.78 is 13.5. The Balaban J connectivity index is 2.84. The van der Waals surface area contributed by atoms with Gasteiger partial charge in [-0.25, -0.2) is 0 Å². The Bertz CT molecular complexity index is 450. The first kappa shape index (κ1) is 8.47. The maximum atomic E-state index is 12.9. The van der Waals surface area contributed by atoms with Crippen molar-refractivity contribution in [1.82, 2.24) is 0 Å². The van der Waals surface area contributed by atoms with Crippen molar-refractivity contribution in [2.45, 2.75) is 6.61 Å². The highest BCUT2D eigenvalue weighted by Gasteiger charge is 2.12. The molecule has 0 bridgehead atoms. The normalized spacial score (nSPS) is 10.9. The lowest BCUT2D eigenvalue weighted by Crippen LogP contribution is -1.80. The molecule has 1 aromatic heterocycles. The molecule has 0 aliphatic heterocycles. The number of aliphatic hydroxyl groups excluding tert-OH is 1. The topological polar surface area (TPSA) is 40.5 Å². The van der Waals surface area contributed by atoms with Crippen molar-refractivity contribution in [1.29, 1.82) is 0 Å². The molecule has 4 heteroatoms. The largest absolute Gasteiger partial charge is 0.504 e. The summed E-state index contributed by atoms with van der Waals surface area (Å²) >= 11 is 0.853. The summed E-state index contributed by atoms with van der Waals surface area (Å²) in [4.78, 5) is 0. The Morgan fingerprint density at radius 2 is 2.15 bits per heavy atom. The second-order valence-corrected chi connectivity index (χ2v) is 3.65. The van der Waals surface area contributed by atoms with Crippen LogP contribution < -0.4 is 0 Å². The Labute approximate surface area is 77.9 Å². The Morgan fingerprint density at radius 3 is 2.85 bits per heavy atom. The molecule has 1 aromatic carbocycles. The third-order valence-corrected chi connectivity index (χ3v) is 2.96. The van der Waals surface area contributed by atoms with Gasteiger partial charge >= 0.3 is 0 Å². The minimum Gasteiger partial charge on any atom is -0.504 e. The maximum absolute atomic E-state index is 12.9. The predicted octanol–water partition coefficient (Wildman–Crippen LogP) is 2.24. The third kappa shape index (κ3) is 1.18. The Kier molecular flexibility index (Phi) is 1.94. The molecular formula is C9H7FO2S. The second kappa shape index (κ2) is 2.97. The van der Waals surface area contributed by atoms with Crippen molar-refractivity contribution in [3.63, 3.8) is 0 Å². The number of hydrogen-bond acceptors (Lipinski definition) is 3. The van der Waals surface area contributed by atoms with Crippen molar-refractivity contribution in [3.8, 4) is 5.75 Å². The highest BCUT2D eigenvalue weighted by atomic mass is 32.1. The van der Waals surface area contributed by atoms with Crippen LogP contribution in [0.15, 0.2) is 18.2 Å². The summed E-state index contributed by atoms with van der Waals surface area (Å²) in [5, 5.41) is 18.1. The highest BCUT2D eigenvalue weighted by molar-refractivity contribution is 7.18. The van der Waals surface area contributed by atoms with E-state index < -0.39 is 5.13 Å². The standard InChI is InChI=1S/C9H7FO2S/c10-9-7(12)6-3-1-2-5(4-11)8(6)13-9/h1-3,11-12H,4H2. The van der Waals surface area contributed by atoms with Crippen molar-refractivity contribution in [2.24, 2.45) is 0 Å². The van der Waals surface area contributed by atoms with Gasteiger partial charge in [0.05, 0.1) is 6.61 Å². The zero-order valence-electron chi connectivity index (χ0n) is 6.62. The number of fused-ring (bicyclic) bond motifs is 1. The van der Waals surface area contributed by atoms with Gasteiger partial charge < -0.3 is 10.2 Å². The SMILES string of the molecule is OCc1cccc2c(O)c(F)sc12. The zero-order valence-corrected chi connectivity index (χ0v) is 7.44. The van der Waals surface area contributed by atoms with E-state index in [1.54, 1.807) is 18.2 Å². The molecule has 0 saturated carbocycles. The van der Waals surface area contributed by atoms with Crippen LogP contribution in [0.3, 0.4) is 0 Å². The molecule has 68 valence electrons. The molecule has 13 heavy (non-hydrogen) atoms. The van der Waals surface area contributed by atoms with E-state index in [2.05, 4.69) is 0 Å². The van der Waals surface area contributed by atoms with E-state index in [9.17, 15) is 9.50 Å². The number of thiophene rings is 1. The third-order valence-electron chi connectivity index (χ3n) is 1.90. The van der Waals surface area contributed by atoms with Crippen LogP contribution in [-0.2, 0) is 6.61 Å². The minimum absolute atomic E-state index is 0.142. The van der Waals surface area contributed by atoms with Gasteiger partial charge in [0.1, 0.15) is 0 Å². The molecule has 0 aliphatic rings. The van der Waals surface area contributed by atoms with E-state index in [0.717, 1.165) is 11.3 Å². The van der Waals surface area contributed by atoms with Gasteiger partial charge in [0.25, 0.3) is 0 Å². The van der Waals surface area contributed by atoms with E-state index >= 15 is 0 Å². The van der Waals surface area contributed by atoms with E-state index in [0.29, 0.717) is 15.6 Å². The summed E-state index contributed by atoms with van der Waals surface area (Å²) in [6.07, 6.45) is 0. The number of aromatic hydroxyl groups is 1. The number of rotatable bonds is 1. The van der Waals surface area contributed by atoms with Crippen LogP contribution in [-0.4, -0.2) is 10.2 Å². The molecule has 0 spiro atoms. The summed E-state index contributed by atoms with van der Waals surface area (Å²) in [5.74, 6) is -0.324. The van der Waals surface area contributed by atoms with Crippen LogP contribution in [0, 0.1) is 5.13 Å². The summed E-state index contributed by atoms with van der Waals surface area (Å²) in [5.41, 5.74) is 0.640. The molecule has 0 atom stereocenters. The molecule has 0 fully saturated rings. The van der Waals surface area contributed by atoms with Gasteiger partial charge in [-0.15, -0.1) is 11.3 Å². The van der Waals surface area contributed by atoms with Gasteiger partial charge in [-0.05, 0) is 11.6 Å². The lowest BCUT2D eigenvalue weighted by molar-refractivity contribution is 0.283. The van der Waals surface area contributed by atoms with Gasteiger partial charge in [0, 0.05) is 10.1 Å². The van der Waals surface area contributed by atoms with E-state index in [1.165, 1.54) is 0 Å². The van der Waals surface area contributed by atoms with Gasteiger partial charge in [-0.2, -0.15) is 4.39 Å². The molecule has 0 unspecified atom stereocenters.